The third-order valence-electron chi connectivity index (χ3n) is 2.60. The van der Waals surface area contributed by atoms with E-state index >= 15 is 0 Å². The summed E-state index contributed by atoms with van der Waals surface area (Å²) in [7, 11) is 0. The van der Waals surface area contributed by atoms with Crippen molar-refractivity contribution in [2.24, 2.45) is 0 Å². The number of benzene rings is 2. The summed E-state index contributed by atoms with van der Waals surface area (Å²) in [5.41, 5.74) is 7.76. The van der Waals surface area contributed by atoms with Gasteiger partial charge < -0.3 is 14.9 Å². The number of oxazole rings is 1. The number of nitrogens with zero attached hydrogens (tertiary/aromatic N) is 1. The van der Waals surface area contributed by atoms with Gasteiger partial charge in [0, 0.05) is 0 Å². The summed E-state index contributed by atoms with van der Waals surface area (Å²) in [6.07, 6.45) is 0. The lowest BCUT2D eigenvalue weighted by Gasteiger charge is -2.01. The Labute approximate surface area is 104 Å². The van der Waals surface area contributed by atoms with Gasteiger partial charge in [-0.05, 0) is 24.3 Å². The van der Waals surface area contributed by atoms with Gasteiger partial charge >= 0.3 is 0 Å². The highest BCUT2D eigenvalue weighted by molar-refractivity contribution is 5.84. The predicted octanol–water partition coefficient (Wildman–Crippen LogP) is 2.99. The van der Waals surface area contributed by atoms with Crippen molar-refractivity contribution in [2.45, 2.75) is 6.61 Å². The first-order valence-electron chi connectivity index (χ1n) is 5.65. The third-order valence-corrected chi connectivity index (χ3v) is 2.60. The van der Waals surface area contributed by atoms with Crippen molar-refractivity contribution in [2.75, 3.05) is 5.73 Å². The van der Waals surface area contributed by atoms with Gasteiger partial charge in [-0.1, -0.05) is 24.3 Å². The van der Waals surface area contributed by atoms with Crippen molar-refractivity contribution < 1.29 is 9.15 Å². The Hall–Kier alpha value is -2.49. The van der Waals surface area contributed by atoms with Crippen molar-refractivity contribution in [3.8, 4) is 5.75 Å². The first kappa shape index (κ1) is 10.7. The molecular formula is C14H12N2O2. The van der Waals surface area contributed by atoms with Crippen LogP contribution in [0.1, 0.15) is 5.89 Å². The Morgan fingerprint density at radius 3 is 2.67 bits per heavy atom. The van der Waals surface area contributed by atoms with Gasteiger partial charge in [0.15, 0.2) is 12.2 Å². The molecule has 0 saturated carbocycles. The van der Waals surface area contributed by atoms with E-state index in [0.717, 1.165) is 11.3 Å². The molecule has 1 heterocycles. The largest absolute Gasteiger partial charge is 0.484 e. The molecule has 90 valence electrons. The van der Waals surface area contributed by atoms with Crippen molar-refractivity contribution in [3.63, 3.8) is 0 Å². The van der Waals surface area contributed by atoms with Crippen molar-refractivity contribution in [3.05, 3.63) is 54.4 Å². The van der Waals surface area contributed by atoms with Gasteiger partial charge in [0.2, 0.25) is 5.89 Å². The Balaban J connectivity index is 1.81. The molecule has 0 spiro atoms. The number of hydrogen-bond donors (Lipinski definition) is 1. The lowest BCUT2D eigenvalue weighted by atomic mass is 10.3. The fourth-order valence-corrected chi connectivity index (χ4v) is 1.74. The zero-order valence-electron chi connectivity index (χ0n) is 9.67. The van der Waals surface area contributed by atoms with E-state index < -0.39 is 0 Å². The molecule has 0 aliphatic rings. The molecule has 0 radical (unpaired) electrons. The van der Waals surface area contributed by atoms with Crippen LogP contribution in [-0.2, 0) is 6.61 Å². The normalized spacial score (nSPS) is 10.7. The van der Waals surface area contributed by atoms with Crippen LogP contribution in [-0.4, -0.2) is 4.98 Å². The van der Waals surface area contributed by atoms with Crippen LogP contribution in [0.15, 0.2) is 52.9 Å². The zero-order chi connectivity index (χ0) is 12.4. The Bertz CT molecular complexity index is 662. The van der Waals surface area contributed by atoms with E-state index in [1.54, 1.807) is 6.07 Å². The molecule has 0 aliphatic heterocycles. The summed E-state index contributed by atoms with van der Waals surface area (Å²) in [6, 6.07) is 15.0. The van der Waals surface area contributed by atoms with Gasteiger partial charge in [0.1, 0.15) is 11.3 Å². The summed E-state index contributed by atoms with van der Waals surface area (Å²) in [5, 5.41) is 0. The average Bonchev–Trinajstić information content (AvgIpc) is 2.82. The molecule has 18 heavy (non-hydrogen) atoms. The topological polar surface area (TPSA) is 61.3 Å². The van der Waals surface area contributed by atoms with Crippen LogP contribution >= 0.6 is 0 Å². The van der Waals surface area contributed by atoms with Crippen molar-refractivity contribution in [1.29, 1.82) is 0 Å². The van der Waals surface area contributed by atoms with Gasteiger partial charge in [-0.25, -0.2) is 4.98 Å². The minimum atomic E-state index is 0.290. The third kappa shape index (κ3) is 2.00. The number of anilines is 1. The van der Waals surface area contributed by atoms with Crippen LogP contribution in [0.5, 0.6) is 5.75 Å². The number of fused-ring (bicyclic) bond motifs is 1. The Morgan fingerprint density at radius 2 is 1.89 bits per heavy atom. The maximum Gasteiger partial charge on any atom is 0.233 e. The molecule has 0 atom stereocenters. The molecule has 2 N–H and O–H groups in total. The standard InChI is InChI=1S/C14H12N2O2/c15-11-7-4-8-12-14(11)18-13(16-12)9-17-10-5-2-1-3-6-10/h1-8H,9,15H2. The van der Waals surface area contributed by atoms with E-state index in [9.17, 15) is 0 Å². The monoisotopic (exact) mass is 240 g/mol. The predicted molar refractivity (Wildman–Crippen MR) is 69.2 cm³/mol. The molecule has 4 heteroatoms. The molecule has 3 rings (SSSR count). The molecule has 0 unspecified atom stereocenters. The summed E-state index contributed by atoms with van der Waals surface area (Å²) >= 11 is 0. The smallest absolute Gasteiger partial charge is 0.233 e. The Kier molecular flexibility index (Phi) is 2.61. The highest BCUT2D eigenvalue weighted by Crippen LogP contribution is 2.22. The summed E-state index contributed by atoms with van der Waals surface area (Å²) in [6.45, 7) is 0.290. The number of para-hydroxylation sites is 2. The van der Waals surface area contributed by atoms with Gasteiger partial charge in [-0.2, -0.15) is 0 Å². The molecule has 0 fully saturated rings. The van der Waals surface area contributed by atoms with Crippen molar-refractivity contribution >= 4 is 16.8 Å². The molecular weight excluding hydrogens is 228 g/mol. The number of rotatable bonds is 3. The molecule has 2 aromatic carbocycles. The number of hydrogen-bond acceptors (Lipinski definition) is 4. The van der Waals surface area contributed by atoms with Gasteiger partial charge in [-0.3, -0.25) is 0 Å². The highest BCUT2D eigenvalue weighted by atomic mass is 16.5. The highest BCUT2D eigenvalue weighted by Gasteiger charge is 2.08. The fraction of sp³-hybridized carbons (Fsp3) is 0.0714. The van der Waals surface area contributed by atoms with Crippen LogP contribution in [0.4, 0.5) is 5.69 Å². The van der Waals surface area contributed by atoms with E-state index in [1.807, 2.05) is 42.5 Å². The second-order valence-electron chi connectivity index (χ2n) is 3.90. The van der Waals surface area contributed by atoms with Gasteiger partial charge in [-0.15, -0.1) is 0 Å². The molecule has 0 bridgehead atoms. The lowest BCUT2D eigenvalue weighted by molar-refractivity contribution is 0.267. The number of aromatic nitrogens is 1. The van der Waals surface area contributed by atoms with E-state index in [2.05, 4.69) is 4.98 Å². The SMILES string of the molecule is Nc1cccc2nc(COc3ccccc3)oc12. The summed E-state index contributed by atoms with van der Waals surface area (Å²) in [4.78, 5) is 4.32. The number of ether oxygens (including phenoxy) is 1. The number of nitrogens with two attached hydrogens (primary N) is 1. The van der Waals surface area contributed by atoms with E-state index in [4.69, 9.17) is 14.9 Å². The molecule has 3 aromatic rings. The van der Waals surface area contributed by atoms with Crippen LogP contribution < -0.4 is 10.5 Å². The molecule has 0 saturated heterocycles. The van der Waals surface area contributed by atoms with Gasteiger partial charge in [0.05, 0.1) is 5.69 Å². The van der Waals surface area contributed by atoms with E-state index in [1.165, 1.54) is 0 Å². The van der Waals surface area contributed by atoms with Crippen LogP contribution in [0.2, 0.25) is 0 Å². The second-order valence-corrected chi connectivity index (χ2v) is 3.90. The lowest BCUT2D eigenvalue weighted by Crippen LogP contribution is -1.94. The van der Waals surface area contributed by atoms with Crippen LogP contribution in [0.3, 0.4) is 0 Å². The summed E-state index contributed by atoms with van der Waals surface area (Å²) < 4.78 is 11.1. The average molecular weight is 240 g/mol. The second kappa shape index (κ2) is 4.41. The quantitative estimate of drug-likeness (QED) is 0.715. The maximum absolute atomic E-state index is 5.80. The van der Waals surface area contributed by atoms with Crippen LogP contribution in [0.25, 0.3) is 11.1 Å². The Morgan fingerprint density at radius 1 is 1.06 bits per heavy atom. The fourth-order valence-electron chi connectivity index (χ4n) is 1.74. The van der Waals surface area contributed by atoms with Gasteiger partial charge in [0.25, 0.3) is 0 Å². The van der Waals surface area contributed by atoms with E-state index in [-0.39, 0.29) is 6.61 Å². The first-order valence-corrected chi connectivity index (χ1v) is 5.65. The van der Waals surface area contributed by atoms with Crippen molar-refractivity contribution in [1.82, 2.24) is 4.98 Å². The molecule has 0 aliphatic carbocycles. The minimum absolute atomic E-state index is 0.290. The molecule has 4 nitrogen and oxygen atoms in total. The first-order chi connectivity index (χ1) is 8.83. The summed E-state index contributed by atoms with van der Waals surface area (Å²) in [5.74, 6) is 1.31. The van der Waals surface area contributed by atoms with E-state index in [0.29, 0.717) is 17.2 Å². The van der Waals surface area contributed by atoms with Crippen LogP contribution in [0, 0.1) is 0 Å². The maximum atomic E-state index is 5.80. The molecule has 1 aromatic heterocycles. The molecule has 0 amide bonds. The number of nitrogen functional groups attached to an aromatic ring is 1. The minimum Gasteiger partial charge on any atom is -0.484 e. The zero-order valence-corrected chi connectivity index (χ0v) is 9.67.